The van der Waals surface area contributed by atoms with Gasteiger partial charge >= 0.3 is 18.2 Å². The van der Waals surface area contributed by atoms with Crippen molar-refractivity contribution in [3.05, 3.63) is 0 Å². The van der Waals surface area contributed by atoms with Crippen LogP contribution in [-0.2, 0) is 4.79 Å². The predicted molar refractivity (Wildman–Crippen MR) is 62.8 cm³/mol. The molecule has 2 amide bonds. The van der Waals surface area contributed by atoms with Gasteiger partial charge in [0.25, 0.3) is 0 Å². The van der Waals surface area contributed by atoms with E-state index in [0.29, 0.717) is 17.7 Å². The molecule has 0 atom stereocenters. The van der Waals surface area contributed by atoms with Crippen molar-refractivity contribution in [3.63, 3.8) is 0 Å². The van der Waals surface area contributed by atoms with E-state index in [-0.39, 0.29) is 13.0 Å². The van der Waals surface area contributed by atoms with Crippen LogP contribution in [0.2, 0.25) is 0 Å². The standard InChI is InChI=1S/C11H19F3N2O3/c1-8(2)16(7-11(12,13)14)10(19)15-6-4-3-5-9(17)18/h8H,3-7H2,1-2H3,(H,15,19)(H,17,18). The number of nitrogens with one attached hydrogen (secondary N) is 1. The summed E-state index contributed by atoms with van der Waals surface area (Å²) in [5, 5.41) is 10.7. The van der Waals surface area contributed by atoms with Crippen molar-refractivity contribution in [2.24, 2.45) is 0 Å². The number of unbranched alkanes of at least 4 members (excludes halogenated alkanes) is 1. The smallest absolute Gasteiger partial charge is 0.406 e. The summed E-state index contributed by atoms with van der Waals surface area (Å²) in [4.78, 5) is 22.5. The summed E-state index contributed by atoms with van der Waals surface area (Å²) in [7, 11) is 0. The second-order valence-electron chi connectivity index (χ2n) is 4.42. The summed E-state index contributed by atoms with van der Waals surface area (Å²) in [5.74, 6) is -0.938. The maximum absolute atomic E-state index is 12.3. The number of carboxylic acid groups (broad SMARTS) is 1. The summed E-state index contributed by atoms with van der Waals surface area (Å²) >= 11 is 0. The molecule has 0 aliphatic carbocycles. The van der Waals surface area contributed by atoms with Crippen LogP contribution in [0.5, 0.6) is 0 Å². The Morgan fingerprint density at radius 1 is 1.26 bits per heavy atom. The minimum absolute atomic E-state index is 0.0215. The van der Waals surface area contributed by atoms with E-state index >= 15 is 0 Å². The Morgan fingerprint density at radius 3 is 2.26 bits per heavy atom. The summed E-state index contributed by atoms with van der Waals surface area (Å²) < 4.78 is 36.8. The first-order valence-corrected chi connectivity index (χ1v) is 5.96. The van der Waals surface area contributed by atoms with Gasteiger partial charge in [0, 0.05) is 19.0 Å². The molecule has 0 saturated heterocycles. The molecule has 0 aliphatic rings. The van der Waals surface area contributed by atoms with E-state index in [9.17, 15) is 22.8 Å². The number of aliphatic carboxylic acids is 1. The number of carbonyl (C=O) groups is 2. The molecule has 0 fully saturated rings. The molecule has 0 aromatic rings. The van der Waals surface area contributed by atoms with Gasteiger partial charge in [0.2, 0.25) is 0 Å². The second-order valence-corrected chi connectivity index (χ2v) is 4.42. The number of halogens is 3. The topological polar surface area (TPSA) is 69.6 Å². The van der Waals surface area contributed by atoms with Crippen LogP contribution >= 0.6 is 0 Å². The first kappa shape index (κ1) is 17.5. The van der Waals surface area contributed by atoms with Crippen molar-refractivity contribution in [1.82, 2.24) is 10.2 Å². The average Bonchev–Trinajstić information content (AvgIpc) is 2.23. The first-order valence-electron chi connectivity index (χ1n) is 5.96. The van der Waals surface area contributed by atoms with E-state index in [4.69, 9.17) is 5.11 Å². The molecule has 5 nitrogen and oxygen atoms in total. The Balaban J connectivity index is 4.09. The number of hydrogen-bond acceptors (Lipinski definition) is 2. The fraction of sp³-hybridized carbons (Fsp3) is 0.818. The third kappa shape index (κ3) is 9.15. The molecule has 0 aromatic heterocycles. The number of carboxylic acids is 1. The number of amides is 2. The number of nitrogens with zero attached hydrogens (tertiary/aromatic N) is 1. The van der Waals surface area contributed by atoms with Gasteiger partial charge in [-0.2, -0.15) is 13.2 Å². The molecule has 0 heterocycles. The van der Waals surface area contributed by atoms with Crippen molar-refractivity contribution in [3.8, 4) is 0 Å². The largest absolute Gasteiger partial charge is 0.481 e. The zero-order chi connectivity index (χ0) is 15.1. The normalized spacial score (nSPS) is 11.5. The van der Waals surface area contributed by atoms with Crippen molar-refractivity contribution in [2.75, 3.05) is 13.1 Å². The van der Waals surface area contributed by atoms with Crippen molar-refractivity contribution >= 4 is 12.0 Å². The minimum Gasteiger partial charge on any atom is -0.481 e. The molecule has 2 N–H and O–H groups in total. The average molecular weight is 284 g/mol. The minimum atomic E-state index is -4.44. The lowest BCUT2D eigenvalue weighted by Gasteiger charge is -2.27. The fourth-order valence-corrected chi connectivity index (χ4v) is 1.38. The summed E-state index contributed by atoms with van der Waals surface area (Å²) in [6.07, 6.45) is -3.68. The Bertz CT molecular complexity index is 306. The molecule has 0 bridgehead atoms. The van der Waals surface area contributed by atoms with Crippen molar-refractivity contribution in [1.29, 1.82) is 0 Å². The number of hydrogen-bond donors (Lipinski definition) is 2. The van der Waals surface area contributed by atoms with Crippen molar-refractivity contribution < 1.29 is 27.9 Å². The highest BCUT2D eigenvalue weighted by Crippen LogP contribution is 2.18. The molecule has 0 saturated carbocycles. The number of alkyl halides is 3. The Hall–Kier alpha value is -1.47. The summed E-state index contributed by atoms with van der Waals surface area (Å²) in [6, 6.07) is -1.36. The SMILES string of the molecule is CC(C)N(CC(F)(F)F)C(=O)NCCCCC(=O)O. The number of urea groups is 1. The molecule has 19 heavy (non-hydrogen) atoms. The molecular formula is C11H19F3N2O3. The molecule has 0 rings (SSSR count). The monoisotopic (exact) mass is 284 g/mol. The molecule has 0 radical (unpaired) electrons. The number of rotatable bonds is 7. The van der Waals surface area contributed by atoms with Gasteiger partial charge < -0.3 is 15.3 Å². The molecule has 0 spiro atoms. The summed E-state index contributed by atoms with van der Waals surface area (Å²) in [5.41, 5.74) is 0. The van der Waals surface area contributed by atoms with E-state index in [1.54, 1.807) is 0 Å². The Kier molecular flexibility index (Phi) is 7.25. The highest BCUT2D eigenvalue weighted by molar-refractivity contribution is 5.74. The van der Waals surface area contributed by atoms with E-state index in [1.165, 1.54) is 13.8 Å². The van der Waals surface area contributed by atoms with Crippen LogP contribution in [-0.4, -0.2) is 47.3 Å². The van der Waals surface area contributed by atoms with Gasteiger partial charge in [-0.15, -0.1) is 0 Å². The third-order valence-corrected chi connectivity index (χ3v) is 2.33. The summed E-state index contributed by atoms with van der Waals surface area (Å²) in [6.45, 7) is 1.85. The maximum atomic E-state index is 12.3. The van der Waals surface area contributed by atoms with Crippen LogP contribution in [0.1, 0.15) is 33.1 Å². The third-order valence-electron chi connectivity index (χ3n) is 2.33. The zero-order valence-electron chi connectivity index (χ0n) is 11.0. The number of carbonyl (C=O) groups excluding carboxylic acids is 1. The maximum Gasteiger partial charge on any atom is 0.406 e. The molecule has 112 valence electrons. The van der Waals surface area contributed by atoms with Gasteiger partial charge in [0.1, 0.15) is 6.54 Å². The van der Waals surface area contributed by atoms with Crippen LogP contribution in [0, 0.1) is 0 Å². The van der Waals surface area contributed by atoms with Gasteiger partial charge in [0.05, 0.1) is 0 Å². The Morgan fingerprint density at radius 2 is 1.84 bits per heavy atom. The van der Waals surface area contributed by atoms with Gasteiger partial charge in [-0.1, -0.05) is 0 Å². The molecule has 0 unspecified atom stereocenters. The van der Waals surface area contributed by atoms with Crippen LogP contribution in [0.15, 0.2) is 0 Å². The highest BCUT2D eigenvalue weighted by atomic mass is 19.4. The first-order chi connectivity index (χ1) is 8.63. The quantitative estimate of drug-likeness (QED) is 0.704. The van der Waals surface area contributed by atoms with Crippen LogP contribution in [0.4, 0.5) is 18.0 Å². The van der Waals surface area contributed by atoms with E-state index in [2.05, 4.69) is 5.32 Å². The van der Waals surface area contributed by atoms with E-state index < -0.39 is 30.8 Å². The molecular weight excluding hydrogens is 265 g/mol. The lowest BCUT2D eigenvalue weighted by atomic mass is 10.2. The van der Waals surface area contributed by atoms with E-state index in [1.807, 2.05) is 0 Å². The van der Waals surface area contributed by atoms with E-state index in [0.717, 1.165) is 0 Å². The van der Waals surface area contributed by atoms with Gasteiger partial charge in [-0.05, 0) is 26.7 Å². The van der Waals surface area contributed by atoms with Gasteiger partial charge in [0.15, 0.2) is 0 Å². The second kappa shape index (κ2) is 7.85. The van der Waals surface area contributed by atoms with Gasteiger partial charge in [-0.25, -0.2) is 4.79 Å². The lowest BCUT2D eigenvalue weighted by Crippen LogP contribution is -2.48. The van der Waals surface area contributed by atoms with Crippen LogP contribution < -0.4 is 5.32 Å². The predicted octanol–water partition coefficient (Wildman–Crippen LogP) is 2.22. The highest BCUT2D eigenvalue weighted by Gasteiger charge is 2.34. The fourth-order valence-electron chi connectivity index (χ4n) is 1.38. The van der Waals surface area contributed by atoms with Crippen LogP contribution in [0.25, 0.3) is 0 Å². The van der Waals surface area contributed by atoms with Gasteiger partial charge in [-0.3, -0.25) is 4.79 Å². The zero-order valence-corrected chi connectivity index (χ0v) is 11.0. The Labute approximate surface area is 109 Å². The lowest BCUT2D eigenvalue weighted by molar-refractivity contribution is -0.142. The van der Waals surface area contributed by atoms with Crippen LogP contribution in [0.3, 0.4) is 0 Å². The molecule has 8 heteroatoms. The molecule has 0 aliphatic heterocycles. The van der Waals surface area contributed by atoms with Crippen molar-refractivity contribution in [2.45, 2.75) is 45.3 Å². The molecule has 0 aromatic carbocycles.